The quantitative estimate of drug-likeness (QED) is 0.289. The smallest absolute Gasteiger partial charge is 0.419 e. The number of carbonyl (C=O) groups excluding carboxylic acids is 1. The summed E-state index contributed by atoms with van der Waals surface area (Å²) in [4.78, 5) is 13.1. The van der Waals surface area contributed by atoms with E-state index in [1.807, 2.05) is 87.6 Å². The maximum atomic E-state index is 13.1. The van der Waals surface area contributed by atoms with Crippen LogP contribution in [0.5, 0.6) is 5.75 Å². The molecule has 0 saturated carbocycles. The minimum absolute atomic E-state index is 0.0834. The van der Waals surface area contributed by atoms with Crippen molar-refractivity contribution in [2.45, 2.75) is 44.9 Å². The SMILES string of the molecule is C=C[C@H](c1ccccc1)[C@H](NCc1ccccc1O)c1cn(C(=O)OC(C)(C)C)c2ccccc12. The molecule has 1 aromatic heterocycles. The Kier molecular flexibility index (Phi) is 7.08. The fourth-order valence-corrected chi connectivity index (χ4v) is 4.37. The molecule has 2 atom stereocenters. The molecule has 5 nitrogen and oxygen atoms in total. The molecule has 0 bridgehead atoms. The zero-order valence-corrected chi connectivity index (χ0v) is 20.4. The molecular weight excluding hydrogens is 436 g/mol. The zero-order valence-electron chi connectivity index (χ0n) is 20.4. The van der Waals surface area contributed by atoms with Crippen LogP contribution >= 0.6 is 0 Å². The van der Waals surface area contributed by atoms with Crippen molar-refractivity contribution in [2.75, 3.05) is 0 Å². The van der Waals surface area contributed by atoms with Gasteiger partial charge >= 0.3 is 6.09 Å². The molecule has 4 rings (SSSR count). The van der Waals surface area contributed by atoms with E-state index in [2.05, 4.69) is 24.0 Å². The fourth-order valence-electron chi connectivity index (χ4n) is 4.37. The minimum Gasteiger partial charge on any atom is -0.508 e. The molecule has 5 heteroatoms. The molecule has 0 spiro atoms. The molecule has 180 valence electrons. The summed E-state index contributed by atoms with van der Waals surface area (Å²) in [6.45, 7) is 10.2. The van der Waals surface area contributed by atoms with E-state index < -0.39 is 11.7 Å². The number of carbonyl (C=O) groups is 1. The molecule has 0 radical (unpaired) electrons. The van der Waals surface area contributed by atoms with E-state index in [0.29, 0.717) is 6.54 Å². The average Bonchev–Trinajstić information content (AvgIpc) is 3.22. The molecule has 0 unspecified atom stereocenters. The number of benzene rings is 3. The number of fused-ring (bicyclic) bond motifs is 1. The van der Waals surface area contributed by atoms with Gasteiger partial charge in [0.15, 0.2) is 0 Å². The molecule has 0 saturated heterocycles. The number of phenols is 1. The zero-order chi connectivity index (χ0) is 25.0. The Bertz CT molecular complexity index is 1320. The second-order valence-corrected chi connectivity index (χ2v) is 9.61. The highest BCUT2D eigenvalue weighted by Gasteiger charge is 2.28. The van der Waals surface area contributed by atoms with Crippen LogP contribution in [0.3, 0.4) is 0 Å². The first kappa shape index (κ1) is 24.3. The number of nitrogens with zero attached hydrogens (tertiary/aromatic N) is 1. The fraction of sp³-hybridized carbons (Fsp3) is 0.233. The highest BCUT2D eigenvalue weighted by molar-refractivity contribution is 5.92. The second-order valence-electron chi connectivity index (χ2n) is 9.61. The van der Waals surface area contributed by atoms with Gasteiger partial charge in [-0.3, -0.25) is 4.57 Å². The summed E-state index contributed by atoms with van der Waals surface area (Å²) < 4.78 is 7.27. The predicted octanol–water partition coefficient (Wildman–Crippen LogP) is 6.93. The number of phenolic OH excluding ortho intramolecular Hbond substituents is 1. The van der Waals surface area contributed by atoms with E-state index in [4.69, 9.17) is 4.74 Å². The van der Waals surface area contributed by atoms with Crippen molar-refractivity contribution in [1.82, 2.24) is 9.88 Å². The molecule has 0 amide bonds. The Morgan fingerprint density at radius 3 is 2.37 bits per heavy atom. The Labute approximate surface area is 206 Å². The van der Waals surface area contributed by atoms with Gasteiger partial charge in [0.1, 0.15) is 11.4 Å². The summed E-state index contributed by atoms with van der Waals surface area (Å²) in [5.41, 5.74) is 3.02. The summed E-state index contributed by atoms with van der Waals surface area (Å²) in [6, 6.07) is 25.1. The normalized spacial score (nSPS) is 13.3. The van der Waals surface area contributed by atoms with Crippen LogP contribution in [0.2, 0.25) is 0 Å². The molecule has 35 heavy (non-hydrogen) atoms. The van der Waals surface area contributed by atoms with Gasteiger partial charge in [0, 0.05) is 35.7 Å². The molecule has 0 aliphatic rings. The van der Waals surface area contributed by atoms with Crippen LogP contribution in [0.1, 0.15) is 49.4 Å². The molecule has 4 aromatic rings. The number of hydrogen-bond donors (Lipinski definition) is 2. The number of hydrogen-bond acceptors (Lipinski definition) is 4. The third-order valence-corrected chi connectivity index (χ3v) is 5.97. The number of para-hydroxylation sites is 2. The Morgan fingerprint density at radius 1 is 1.03 bits per heavy atom. The first-order chi connectivity index (χ1) is 16.8. The molecular formula is C30H32N2O3. The van der Waals surface area contributed by atoms with Gasteiger partial charge in [0.2, 0.25) is 0 Å². The van der Waals surface area contributed by atoms with E-state index in [1.54, 1.807) is 16.7 Å². The number of aromatic nitrogens is 1. The van der Waals surface area contributed by atoms with Gasteiger partial charge in [-0.25, -0.2) is 4.79 Å². The van der Waals surface area contributed by atoms with E-state index in [9.17, 15) is 9.90 Å². The van der Waals surface area contributed by atoms with Crippen molar-refractivity contribution < 1.29 is 14.6 Å². The lowest BCUT2D eigenvalue weighted by Crippen LogP contribution is -2.27. The Morgan fingerprint density at radius 2 is 1.69 bits per heavy atom. The number of rotatable bonds is 7. The standard InChI is InChI=1S/C30H32N2O3/c1-5-23(21-13-7-6-8-14-21)28(31-19-22-15-9-12-18-27(22)33)25-20-32(29(34)35-30(2,3)4)26-17-11-10-16-24(25)26/h5-18,20,23,28,31,33H,1,19H2,2-4H3/t23-,28+/m1/s1. The minimum atomic E-state index is -0.612. The van der Waals surface area contributed by atoms with E-state index >= 15 is 0 Å². The summed E-state index contributed by atoms with van der Waals surface area (Å²) in [5, 5.41) is 14.9. The van der Waals surface area contributed by atoms with Crippen LogP contribution in [0, 0.1) is 0 Å². The number of ether oxygens (including phenoxy) is 1. The number of aromatic hydroxyl groups is 1. The van der Waals surface area contributed by atoms with Crippen LogP contribution in [0.15, 0.2) is 97.7 Å². The van der Waals surface area contributed by atoms with Gasteiger partial charge < -0.3 is 15.2 Å². The van der Waals surface area contributed by atoms with Crippen LogP contribution < -0.4 is 5.32 Å². The first-order valence-corrected chi connectivity index (χ1v) is 11.8. The third kappa shape index (κ3) is 5.47. The van der Waals surface area contributed by atoms with Crippen molar-refractivity contribution >= 4 is 17.0 Å². The van der Waals surface area contributed by atoms with Crippen LogP contribution in [-0.4, -0.2) is 21.4 Å². The Balaban J connectivity index is 1.82. The van der Waals surface area contributed by atoms with Crippen molar-refractivity contribution in [2.24, 2.45) is 0 Å². The molecule has 0 aliphatic carbocycles. The maximum Gasteiger partial charge on any atom is 0.419 e. The van der Waals surface area contributed by atoms with E-state index in [1.165, 1.54) is 0 Å². The summed E-state index contributed by atoms with van der Waals surface area (Å²) in [7, 11) is 0. The molecule has 0 fully saturated rings. The lowest BCUT2D eigenvalue weighted by atomic mass is 9.86. The highest BCUT2D eigenvalue weighted by Crippen LogP contribution is 2.37. The molecule has 0 aliphatic heterocycles. The van der Waals surface area contributed by atoms with Crippen molar-refractivity contribution in [3.63, 3.8) is 0 Å². The van der Waals surface area contributed by atoms with Gasteiger partial charge in [0.25, 0.3) is 0 Å². The largest absolute Gasteiger partial charge is 0.508 e. The summed E-state index contributed by atoms with van der Waals surface area (Å²) >= 11 is 0. The van der Waals surface area contributed by atoms with Crippen LogP contribution in [0.25, 0.3) is 10.9 Å². The Hall–Kier alpha value is -3.83. The monoisotopic (exact) mass is 468 g/mol. The second kappa shape index (κ2) is 10.2. The van der Waals surface area contributed by atoms with Crippen LogP contribution in [0.4, 0.5) is 4.79 Å². The van der Waals surface area contributed by atoms with Crippen molar-refractivity contribution in [3.8, 4) is 5.75 Å². The lowest BCUT2D eigenvalue weighted by Gasteiger charge is -2.27. The van der Waals surface area contributed by atoms with E-state index in [-0.39, 0.29) is 17.7 Å². The molecule has 3 aromatic carbocycles. The topological polar surface area (TPSA) is 63.5 Å². The van der Waals surface area contributed by atoms with Gasteiger partial charge in [0.05, 0.1) is 5.52 Å². The maximum absolute atomic E-state index is 13.1. The predicted molar refractivity (Wildman–Crippen MR) is 141 cm³/mol. The highest BCUT2D eigenvalue weighted by atomic mass is 16.6. The lowest BCUT2D eigenvalue weighted by molar-refractivity contribution is 0.0544. The van der Waals surface area contributed by atoms with Crippen molar-refractivity contribution in [3.05, 3.63) is 114 Å². The van der Waals surface area contributed by atoms with Crippen LogP contribution in [-0.2, 0) is 11.3 Å². The third-order valence-electron chi connectivity index (χ3n) is 5.97. The van der Waals surface area contributed by atoms with E-state index in [0.717, 1.165) is 27.6 Å². The molecule has 2 N–H and O–H groups in total. The number of nitrogens with one attached hydrogen (secondary N) is 1. The summed E-state index contributed by atoms with van der Waals surface area (Å²) in [6.07, 6.45) is 3.37. The van der Waals surface area contributed by atoms with Gasteiger partial charge in [-0.15, -0.1) is 6.58 Å². The van der Waals surface area contributed by atoms with Crippen molar-refractivity contribution in [1.29, 1.82) is 0 Å². The first-order valence-electron chi connectivity index (χ1n) is 11.8. The molecule has 1 heterocycles. The van der Waals surface area contributed by atoms with Gasteiger partial charge in [-0.2, -0.15) is 0 Å². The van der Waals surface area contributed by atoms with Gasteiger partial charge in [-0.1, -0.05) is 72.8 Å². The average molecular weight is 469 g/mol. The van der Waals surface area contributed by atoms with Gasteiger partial charge in [-0.05, 0) is 44.0 Å². The summed E-state index contributed by atoms with van der Waals surface area (Å²) in [5.74, 6) is 0.157.